The average Bonchev–Trinajstić information content (AvgIpc) is 4.05. The topological polar surface area (TPSA) is 26.3 Å². The van der Waals surface area contributed by atoms with Crippen molar-refractivity contribution in [2.24, 2.45) is 0 Å². The molecule has 0 bridgehead atoms. The Morgan fingerprint density at radius 3 is 0.793 bits per heavy atom. The third kappa shape index (κ3) is 7.61. The molecule has 0 aliphatic rings. The molecule has 9 aromatic rings. The van der Waals surface area contributed by atoms with Gasteiger partial charge in [-0.3, -0.25) is 0 Å². The van der Waals surface area contributed by atoms with Crippen molar-refractivity contribution in [3.8, 4) is 0 Å². The maximum absolute atomic E-state index is 6.35. The Hall–Kier alpha value is -7.29. The number of hydrogen-bond donors (Lipinski definition) is 0. The van der Waals surface area contributed by atoms with Gasteiger partial charge in [0.05, 0.1) is 12.5 Å². The predicted molar refractivity (Wildman–Crippen MR) is 244 cm³/mol. The van der Waals surface area contributed by atoms with E-state index in [1.165, 1.54) is 32.8 Å². The Morgan fingerprint density at radius 1 is 0.259 bits per heavy atom. The largest absolute Gasteiger partial charge is 0.464 e. The van der Waals surface area contributed by atoms with Crippen molar-refractivity contribution in [1.82, 2.24) is 0 Å². The van der Waals surface area contributed by atoms with Crippen LogP contribution in [0.5, 0.6) is 0 Å². The number of benzene rings is 7. The molecule has 0 fully saturated rings. The van der Waals surface area contributed by atoms with E-state index in [2.05, 4.69) is 218 Å². The highest BCUT2D eigenvalue weighted by atomic mass is 16.3. The molecule has 7 aromatic carbocycles. The summed E-state index contributed by atoms with van der Waals surface area (Å²) in [7, 11) is 0. The summed E-state index contributed by atoms with van der Waals surface area (Å²) < 4.78 is 12.7. The van der Waals surface area contributed by atoms with Gasteiger partial charge in [-0.1, -0.05) is 239 Å². The summed E-state index contributed by atoms with van der Waals surface area (Å²) in [6, 6.07) is 81.7. The van der Waals surface area contributed by atoms with Crippen LogP contribution in [0, 0.1) is 0 Å². The zero-order chi connectivity index (χ0) is 38.9. The summed E-state index contributed by atoms with van der Waals surface area (Å²) >= 11 is 0. The van der Waals surface area contributed by atoms with Gasteiger partial charge < -0.3 is 8.83 Å². The lowest BCUT2D eigenvalue weighted by Crippen LogP contribution is -2.44. The lowest BCUT2D eigenvalue weighted by atomic mass is 9.34. The Labute approximate surface area is 341 Å². The van der Waals surface area contributed by atoms with Gasteiger partial charge in [0.1, 0.15) is 11.5 Å². The standard InChI is InChI=1S/C54H40B2O2/c1-7-21-43(22-8-1)53(55(45-25-11-3-12-26-45)46-27-13-4-14-28-46)51(49-33-19-39-57-49)41-35-37-42(38-36-41)52(50-34-20-40-58-50)54(44-23-9-2-10-24-44)56(47-29-15-5-16-30-47)48-31-17-6-18-32-48/h1-40H/b53-51-,54-52-. The van der Waals surface area contributed by atoms with E-state index in [0.717, 1.165) is 44.9 Å². The molecule has 0 aliphatic heterocycles. The van der Waals surface area contributed by atoms with Gasteiger partial charge in [-0.25, -0.2) is 0 Å². The number of rotatable bonds is 12. The maximum Gasteiger partial charge on any atom is 0.242 e. The third-order valence-corrected chi connectivity index (χ3v) is 10.8. The van der Waals surface area contributed by atoms with Gasteiger partial charge >= 0.3 is 0 Å². The minimum atomic E-state index is -0.0784. The summed E-state index contributed by atoms with van der Waals surface area (Å²) in [4.78, 5) is 0. The highest BCUT2D eigenvalue weighted by Gasteiger charge is 2.32. The lowest BCUT2D eigenvalue weighted by molar-refractivity contribution is 0.553. The first-order valence-electron chi connectivity index (χ1n) is 19.8. The predicted octanol–water partition coefficient (Wildman–Crippen LogP) is 10.5. The van der Waals surface area contributed by atoms with Crippen LogP contribution >= 0.6 is 0 Å². The van der Waals surface area contributed by atoms with Crippen molar-refractivity contribution in [3.05, 3.63) is 277 Å². The summed E-state index contributed by atoms with van der Waals surface area (Å²) in [6.45, 7) is -0.157. The highest BCUT2D eigenvalue weighted by molar-refractivity contribution is 7.01. The van der Waals surface area contributed by atoms with E-state index >= 15 is 0 Å². The van der Waals surface area contributed by atoms with Crippen LogP contribution in [0.25, 0.3) is 22.1 Å². The highest BCUT2D eigenvalue weighted by Crippen LogP contribution is 2.38. The lowest BCUT2D eigenvalue weighted by Gasteiger charge is -2.24. The monoisotopic (exact) mass is 742 g/mol. The molecule has 2 nitrogen and oxygen atoms in total. The minimum Gasteiger partial charge on any atom is -0.464 e. The van der Waals surface area contributed by atoms with E-state index in [9.17, 15) is 0 Å². The molecular weight excluding hydrogens is 702 g/mol. The first-order valence-corrected chi connectivity index (χ1v) is 19.8. The molecule has 0 saturated carbocycles. The van der Waals surface area contributed by atoms with Crippen LogP contribution in [-0.4, -0.2) is 13.4 Å². The molecule has 0 N–H and O–H groups in total. The fourth-order valence-corrected chi connectivity index (χ4v) is 8.29. The second-order valence-electron chi connectivity index (χ2n) is 14.4. The van der Waals surface area contributed by atoms with E-state index in [0.29, 0.717) is 0 Å². The van der Waals surface area contributed by atoms with Crippen molar-refractivity contribution in [2.75, 3.05) is 0 Å². The zero-order valence-corrected chi connectivity index (χ0v) is 32.1. The van der Waals surface area contributed by atoms with Crippen molar-refractivity contribution >= 4 is 57.4 Å². The molecule has 0 unspecified atom stereocenters. The van der Waals surface area contributed by atoms with Crippen LogP contribution in [-0.2, 0) is 0 Å². The molecule has 0 atom stereocenters. The molecule has 58 heavy (non-hydrogen) atoms. The van der Waals surface area contributed by atoms with Gasteiger partial charge in [0.15, 0.2) is 0 Å². The molecule has 0 amide bonds. The SMILES string of the molecule is c1ccc(B(/C(=C(/c2ccc(/C(=C(/B(c3ccccc3)c3ccccc3)c3ccccc3)c3ccco3)cc2)c2ccco2)c2ccccc2)c2ccccc2)cc1. The van der Waals surface area contributed by atoms with E-state index in [1.54, 1.807) is 12.5 Å². The van der Waals surface area contributed by atoms with Crippen molar-refractivity contribution in [1.29, 1.82) is 0 Å². The van der Waals surface area contributed by atoms with Crippen molar-refractivity contribution < 1.29 is 8.83 Å². The number of furan rings is 2. The first kappa shape index (κ1) is 36.4. The molecule has 0 spiro atoms. The molecule has 2 heterocycles. The van der Waals surface area contributed by atoms with E-state index < -0.39 is 0 Å². The van der Waals surface area contributed by atoms with Crippen LogP contribution in [0.4, 0.5) is 0 Å². The summed E-state index contributed by atoms with van der Waals surface area (Å²) in [5, 5.41) is 0. The quantitative estimate of drug-likeness (QED) is 0.0921. The summed E-state index contributed by atoms with van der Waals surface area (Å²) in [5.74, 6) is 1.62. The Bertz CT molecular complexity index is 2440. The Balaban J connectivity index is 1.32. The summed E-state index contributed by atoms with van der Waals surface area (Å²) in [6.07, 6.45) is 3.53. The zero-order valence-electron chi connectivity index (χ0n) is 32.1. The Kier molecular flexibility index (Phi) is 10.8. The van der Waals surface area contributed by atoms with Crippen LogP contribution < -0.4 is 21.9 Å². The normalized spacial score (nSPS) is 12.0. The van der Waals surface area contributed by atoms with Crippen LogP contribution in [0.2, 0.25) is 0 Å². The Morgan fingerprint density at radius 2 is 0.534 bits per heavy atom. The molecule has 9 rings (SSSR count). The molecule has 4 heteroatoms. The molecule has 0 saturated heterocycles. The van der Waals surface area contributed by atoms with Gasteiger partial charge in [0.2, 0.25) is 13.4 Å². The maximum atomic E-state index is 6.35. The third-order valence-electron chi connectivity index (χ3n) is 10.8. The molecule has 0 radical (unpaired) electrons. The van der Waals surface area contributed by atoms with E-state index in [1.807, 2.05) is 12.1 Å². The minimum absolute atomic E-state index is 0.0784. The van der Waals surface area contributed by atoms with Gasteiger partial charge in [-0.2, -0.15) is 0 Å². The first-order chi connectivity index (χ1) is 28.8. The van der Waals surface area contributed by atoms with Gasteiger partial charge in [0, 0.05) is 11.1 Å². The molecule has 274 valence electrons. The second kappa shape index (κ2) is 17.2. The van der Waals surface area contributed by atoms with Gasteiger partial charge in [-0.15, -0.1) is 0 Å². The molecule has 0 aliphatic carbocycles. The van der Waals surface area contributed by atoms with E-state index in [-0.39, 0.29) is 13.4 Å². The smallest absolute Gasteiger partial charge is 0.242 e. The van der Waals surface area contributed by atoms with Crippen LogP contribution in [0.15, 0.2) is 252 Å². The fourth-order valence-electron chi connectivity index (χ4n) is 8.29. The van der Waals surface area contributed by atoms with Crippen LogP contribution in [0.3, 0.4) is 0 Å². The average molecular weight is 743 g/mol. The fraction of sp³-hybridized carbons (Fsp3) is 0. The molecule has 2 aromatic heterocycles. The molecular formula is C54H40B2O2. The second-order valence-corrected chi connectivity index (χ2v) is 14.4. The van der Waals surface area contributed by atoms with E-state index in [4.69, 9.17) is 8.83 Å². The van der Waals surface area contributed by atoms with Crippen molar-refractivity contribution in [3.63, 3.8) is 0 Å². The summed E-state index contributed by atoms with van der Waals surface area (Å²) in [5.41, 5.74) is 13.6. The van der Waals surface area contributed by atoms with Crippen molar-refractivity contribution in [2.45, 2.75) is 0 Å². The van der Waals surface area contributed by atoms with Gasteiger partial charge in [0.25, 0.3) is 0 Å². The van der Waals surface area contributed by atoms with Gasteiger partial charge in [-0.05, 0) is 46.5 Å². The van der Waals surface area contributed by atoms with Crippen LogP contribution in [0.1, 0.15) is 33.8 Å². The number of hydrogen-bond acceptors (Lipinski definition) is 2.